The van der Waals surface area contributed by atoms with Crippen molar-refractivity contribution in [1.29, 1.82) is 0 Å². The van der Waals surface area contributed by atoms with Gasteiger partial charge in [-0.1, -0.05) is 6.07 Å². The van der Waals surface area contributed by atoms with Crippen molar-refractivity contribution in [3.8, 4) is 0 Å². The lowest BCUT2D eigenvalue weighted by atomic mass is 10.2. The van der Waals surface area contributed by atoms with Crippen LogP contribution in [0.1, 0.15) is 17.3 Å². The standard InChI is InChI=1S/C16H20N4O/c1-4-18-15-8-9-17-11-14(15)16(21)19-12-6-5-7-13(10-12)20(2)3/h5-11H,4H2,1-3H3,(H,17,18)(H,19,21). The van der Waals surface area contributed by atoms with Gasteiger partial charge in [-0.3, -0.25) is 9.78 Å². The van der Waals surface area contributed by atoms with E-state index in [1.165, 1.54) is 0 Å². The summed E-state index contributed by atoms with van der Waals surface area (Å²) in [5.41, 5.74) is 3.12. The molecule has 21 heavy (non-hydrogen) atoms. The largest absolute Gasteiger partial charge is 0.385 e. The molecule has 0 aliphatic rings. The average molecular weight is 284 g/mol. The number of hydrogen-bond donors (Lipinski definition) is 2. The number of aromatic nitrogens is 1. The first-order chi connectivity index (χ1) is 10.1. The van der Waals surface area contributed by atoms with Gasteiger partial charge in [0.25, 0.3) is 5.91 Å². The molecule has 5 nitrogen and oxygen atoms in total. The Labute approximate surface area is 125 Å². The predicted molar refractivity (Wildman–Crippen MR) is 87.1 cm³/mol. The molecule has 0 spiro atoms. The first kappa shape index (κ1) is 14.8. The lowest BCUT2D eigenvalue weighted by molar-refractivity contribution is 0.102. The lowest BCUT2D eigenvalue weighted by Crippen LogP contribution is -2.16. The van der Waals surface area contributed by atoms with Gasteiger partial charge in [-0.15, -0.1) is 0 Å². The van der Waals surface area contributed by atoms with Crippen LogP contribution >= 0.6 is 0 Å². The minimum absolute atomic E-state index is 0.171. The van der Waals surface area contributed by atoms with Gasteiger partial charge in [0.15, 0.2) is 0 Å². The molecule has 0 atom stereocenters. The van der Waals surface area contributed by atoms with E-state index < -0.39 is 0 Å². The number of carbonyl (C=O) groups is 1. The molecule has 0 unspecified atom stereocenters. The Hall–Kier alpha value is -2.56. The van der Waals surface area contributed by atoms with Gasteiger partial charge in [0, 0.05) is 44.4 Å². The van der Waals surface area contributed by atoms with Crippen LogP contribution in [0.2, 0.25) is 0 Å². The van der Waals surface area contributed by atoms with Crippen molar-refractivity contribution in [2.45, 2.75) is 6.92 Å². The monoisotopic (exact) mass is 284 g/mol. The SMILES string of the molecule is CCNc1ccncc1C(=O)Nc1cccc(N(C)C)c1. The van der Waals surface area contributed by atoms with Crippen molar-refractivity contribution >= 4 is 23.0 Å². The summed E-state index contributed by atoms with van der Waals surface area (Å²) < 4.78 is 0. The highest BCUT2D eigenvalue weighted by Gasteiger charge is 2.11. The fourth-order valence-electron chi connectivity index (χ4n) is 1.98. The van der Waals surface area contributed by atoms with Crippen LogP contribution < -0.4 is 15.5 Å². The number of carbonyl (C=O) groups excluding carboxylic acids is 1. The quantitative estimate of drug-likeness (QED) is 0.886. The lowest BCUT2D eigenvalue weighted by Gasteiger charge is -2.14. The Morgan fingerprint density at radius 2 is 2.10 bits per heavy atom. The molecule has 2 rings (SSSR count). The fraction of sp³-hybridized carbons (Fsp3) is 0.250. The third kappa shape index (κ3) is 3.72. The molecule has 0 saturated heterocycles. The third-order valence-corrected chi connectivity index (χ3v) is 3.05. The maximum absolute atomic E-state index is 12.4. The summed E-state index contributed by atoms with van der Waals surface area (Å²) in [5, 5.41) is 6.07. The molecular formula is C16H20N4O. The summed E-state index contributed by atoms with van der Waals surface area (Å²) >= 11 is 0. The number of nitrogens with one attached hydrogen (secondary N) is 2. The second-order valence-electron chi connectivity index (χ2n) is 4.85. The van der Waals surface area contributed by atoms with E-state index in [0.29, 0.717) is 5.56 Å². The Bertz CT molecular complexity index is 625. The van der Waals surface area contributed by atoms with Gasteiger partial charge >= 0.3 is 0 Å². The topological polar surface area (TPSA) is 57.3 Å². The highest BCUT2D eigenvalue weighted by Crippen LogP contribution is 2.20. The highest BCUT2D eigenvalue weighted by atomic mass is 16.1. The first-order valence-corrected chi connectivity index (χ1v) is 6.88. The Kier molecular flexibility index (Phi) is 4.77. The molecule has 1 aromatic heterocycles. The summed E-state index contributed by atoms with van der Waals surface area (Å²) in [6.07, 6.45) is 3.24. The molecule has 0 aliphatic heterocycles. The van der Waals surface area contributed by atoms with E-state index in [2.05, 4.69) is 15.6 Å². The Balaban J connectivity index is 2.20. The average Bonchev–Trinajstić information content (AvgIpc) is 2.48. The van der Waals surface area contributed by atoms with E-state index in [1.807, 2.05) is 50.2 Å². The molecule has 1 heterocycles. The summed E-state index contributed by atoms with van der Waals surface area (Å²) in [5.74, 6) is -0.171. The Morgan fingerprint density at radius 3 is 2.81 bits per heavy atom. The third-order valence-electron chi connectivity index (χ3n) is 3.05. The van der Waals surface area contributed by atoms with Crippen molar-refractivity contribution in [3.05, 3.63) is 48.3 Å². The van der Waals surface area contributed by atoms with Gasteiger partial charge in [0.05, 0.1) is 11.3 Å². The number of nitrogens with zero attached hydrogens (tertiary/aromatic N) is 2. The molecule has 1 amide bonds. The molecule has 0 radical (unpaired) electrons. The number of anilines is 3. The van der Waals surface area contributed by atoms with Gasteiger partial charge < -0.3 is 15.5 Å². The van der Waals surface area contributed by atoms with Crippen molar-refractivity contribution < 1.29 is 4.79 Å². The van der Waals surface area contributed by atoms with Gasteiger partial charge in [0.2, 0.25) is 0 Å². The molecule has 2 N–H and O–H groups in total. The zero-order valence-electron chi connectivity index (χ0n) is 12.6. The zero-order chi connectivity index (χ0) is 15.2. The number of pyridine rings is 1. The van der Waals surface area contributed by atoms with Gasteiger partial charge in [-0.05, 0) is 31.2 Å². The first-order valence-electron chi connectivity index (χ1n) is 6.88. The highest BCUT2D eigenvalue weighted by molar-refractivity contribution is 6.07. The molecule has 0 aliphatic carbocycles. The Morgan fingerprint density at radius 1 is 1.29 bits per heavy atom. The van der Waals surface area contributed by atoms with Crippen LogP contribution in [-0.2, 0) is 0 Å². The van der Waals surface area contributed by atoms with E-state index >= 15 is 0 Å². The zero-order valence-corrected chi connectivity index (χ0v) is 12.6. The fourth-order valence-corrected chi connectivity index (χ4v) is 1.98. The van der Waals surface area contributed by atoms with Crippen molar-refractivity contribution in [1.82, 2.24) is 4.98 Å². The van der Waals surface area contributed by atoms with E-state index in [-0.39, 0.29) is 5.91 Å². The van der Waals surface area contributed by atoms with E-state index in [9.17, 15) is 4.79 Å². The van der Waals surface area contributed by atoms with Crippen molar-refractivity contribution in [2.24, 2.45) is 0 Å². The van der Waals surface area contributed by atoms with Gasteiger partial charge in [-0.2, -0.15) is 0 Å². The van der Waals surface area contributed by atoms with E-state index in [0.717, 1.165) is 23.6 Å². The van der Waals surface area contributed by atoms with Crippen LogP contribution in [0.15, 0.2) is 42.7 Å². The molecule has 110 valence electrons. The summed E-state index contributed by atoms with van der Waals surface area (Å²) in [7, 11) is 3.93. The summed E-state index contributed by atoms with van der Waals surface area (Å²) in [4.78, 5) is 18.4. The smallest absolute Gasteiger partial charge is 0.259 e. The molecule has 1 aromatic carbocycles. The normalized spacial score (nSPS) is 10.0. The van der Waals surface area contributed by atoms with Crippen LogP contribution in [0.4, 0.5) is 17.1 Å². The van der Waals surface area contributed by atoms with E-state index in [1.54, 1.807) is 18.5 Å². The van der Waals surface area contributed by atoms with Crippen molar-refractivity contribution in [2.75, 3.05) is 36.2 Å². The molecular weight excluding hydrogens is 264 g/mol. The molecule has 5 heteroatoms. The minimum atomic E-state index is -0.171. The van der Waals surface area contributed by atoms with Crippen LogP contribution in [0.5, 0.6) is 0 Å². The van der Waals surface area contributed by atoms with Crippen LogP contribution in [-0.4, -0.2) is 31.5 Å². The number of amides is 1. The van der Waals surface area contributed by atoms with E-state index in [4.69, 9.17) is 0 Å². The maximum atomic E-state index is 12.4. The number of benzene rings is 1. The maximum Gasteiger partial charge on any atom is 0.259 e. The number of hydrogen-bond acceptors (Lipinski definition) is 4. The van der Waals surface area contributed by atoms with Crippen LogP contribution in [0.25, 0.3) is 0 Å². The number of rotatable bonds is 5. The van der Waals surface area contributed by atoms with Gasteiger partial charge in [-0.25, -0.2) is 0 Å². The van der Waals surface area contributed by atoms with Crippen LogP contribution in [0.3, 0.4) is 0 Å². The van der Waals surface area contributed by atoms with Gasteiger partial charge in [0.1, 0.15) is 0 Å². The summed E-state index contributed by atoms with van der Waals surface area (Å²) in [6.45, 7) is 2.74. The minimum Gasteiger partial charge on any atom is -0.385 e. The predicted octanol–water partition coefficient (Wildman–Crippen LogP) is 2.83. The second-order valence-corrected chi connectivity index (χ2v) is 4.85. The molecule has 0 bridgehead atoms. The molecule has 0 saturated carbocycles. The summed E-state index contributed by atoms with van der Waals surface area (Å²) in [6, 6.07) is 9.51. The van der Waals surface area contributed by atoms with Crippen molar-refractivity contribution in [3.63, 3.8) is 0 Å². The molecule has 0 fully saturated rings. The second kappa shape index (κ2) is 6.74. The van der Waals surface area contributed by atoms with Crippen LogP contribution in [0, 0.1) is 0 Å². The molecule has 2 aromatic rings.